The van der Waals surface area contributed by atoms with Crippen molar-refractivity contribution in [2.45, 2.75) is 18.1 Å². The predicted octanol–water partition coefficient (Wildman–Crippen LogP) is 2.24. The molecule has 1 aliphatic heterocycles. The van der Waals surface area contributed by atoms with Crippen molar-refractivity contribution < 1.29 is 21.5 Å². The molecular formula is C18H15BrCl2N2S. The zero-order valence-electron chi connectivity index (χ0n) is 12.8. The van der Waals surface area contributed by atoms with Crippen LogP contribution in [0.25, 0.3) is 16.9 Å². The van der Waals surface area contributed by atoms with E-state index in [-0.39, 0.29) is 17.0 Å². The number of hydrogen-bond acceptors (Lipinski definition) is 1. The molecule has 0 fully saturated rings. The van der Waals surface area contributed by atoms with E-state index in [1.807, 2.05) is 36.0 Å². The number of aromatic nitrogens is 2. The lowest BCUT2D eigenvalue weighted by Gasteiger charge is -2.10. The average Bonchev–Trinajstić information content (AvgIpc) is 2.98. The predicted molar refractivity (Wildman–Crippen MR) is 96.8 cm³/mol. The van der Waals surface area contributed by atoms with Gasteiger partial charge in [-0.15, -0.1) is 0 Å². The van der Waals surface area contributed by atoms with Crippen LogP contribution in [0.5, 0.6) is 0 Å². The van der Waals surface area contributed by atoms with Crippen LogP contribution in [0, 0.1) is 0 Å². The van der Waals surface area contributed by atoms with E-state index in [9.17, 15) is 0 Å². The van der Waals surface area contributed by atoms with Crippen molar-refractivity contribution in [2.75, 3.05) is 5.75 Å². The molecule has 1 aliphatic rings. The van der Waals surface area contributed by atoms with Crippen LogP contribution in [-0.4, -0.2) is 10.3 Å². The molecular weight excluding hydrogens is 427 g/mol. The molecule has 0 atom stereocenters. The molecule has 2 aromatic carbocycles. The highest BCUT2D eigenvalue weighted by atomic mass is 79.9. The second-order valence-electron chi connectivity index (χ2n) is 5.49. The smallest absolute Gasteiger partial charge is 0.323 e. The van der Waals surface area contributed by atoms with Crippen LogP contribution in [0.3, 0.4) is 0 Å². The number of hydrogen-bond donors (Lipinski definition) is 0. The van der Waals surface area contributed by atoms with Gasteiger partial charge in [0.05, 0.1) is 16.6 Å². The number of fused-ring (bicyclic) bond motifs is 1. The molecule has 24 heavy (non-hydrogen) atoms. The Morgan fingerprint density at radius 1 is 1.00 bits per heavy atom. The Bertz CT molecular complexity index is 865. The van der Waals surface area contributed by atoms with E-state index >= 15 is 0 Å². The van der Waals surface area contributed by atoms with Crippen molar-refractivity contribution in [3.8, 4) is 16.9 Å². The van der Waals surface area contributed by atoms with Gasteiger partial charge in [0.25, 0.3) is 0 Å². The second-order valence-corrected chi connectivity index (χ2v) is 7.36. The Morgan fingerprint density at radius 2 is 1.79 bits per heavy atom. The Hall–Kier alpha value is -0.940. The fourth-order valence-electron chi connectivity index (χ4n) is 2.89. The van der Waals surface area contributed by atoms with Crippen LogP contribution in [0.1, 0.15) is 6.42 Å². The Kier molecular flexibility index (Phi) is 5.60. The SMILES string of the molecule is Clc1ccc(-c2cn(-c3ccccc3)c3[n+]2CCCS3)cc1Cl.[Br-]. The van der Waals surface area contributed by atoms with Gasteiger partial charge in [0.2, 0.25) is 0 Å². The van der Waals surface area contributed by atoms with Crippen molar-refractivity contribution in [1.82, 2.24) is 4.57 Å². The average molecular weight is 442 g/mol. The number of nitrogens with zero attached hydrogens (tertiary/aromatic N) is 2. The topological polar surface area (TPSA) is 8.81 Å². The zero-order valence-corrected chi connectivity index (χ0v) is 16.7. The Labute approximate surface area is 166 Å². The maximum atomic E-state index is 6.22. The van der Waals surface area contributed by atoms with Crippen LogP contribution in [0.15, 0.2) is 59.9 Å². The van der Waals surface area contributed by atoms with E-state index in [2.05, 4.69) is 39.6 Å². The van der Waals surface area contributed by atoms with Crippen LogP contribution in [-0.2, 0) is 6.54 Å². The van der Waals surface area contributed by atoms with Gasteiger partial charge in [-0.2, -0.15) is 4.57 Å². The van der Waals surface area contributed by atoms with E-state index in [1.165, 1.54) is 23.0 Å². The highest BCUT2D eigenvalue weighted by Gasteiger charge is 2.28. The van der Waals surface area contributed by atoms with Gasteiger partial charge in [0.1, 0.15) is 11.9 Å². The summed E-state index contributed by atoms with van der Waals surface area (Å²) in [6, 6.07) is 16.3. The third-order valence-electron chi connectivity index (χ3n) is 3.99. The first kappa shape index (κ1) is 17.9. The first-order valence-electron chi connectivity index (χ1n) is 7.53. The highest BCUT2D eigenvalue weighted by Crippen LogP contribution is 2.31. The van der Waals surface area contributed by atoms with Crippen molar-refractivity contribution in [3.63, 3.8) is 0 Å². The summed E-state index contributed by atoms with van der Waals surface area (Å²) in [4.78, 5) is 0. The number of para-hydroxylation sites is 1. The summed E-state index contributed by atoms with van der Waals surface area (Å²) in [5.74, 6) is 1.15. The number of halogens is 3. The summed E-state index contributed by atoms with van der Waals surface area (Å²) < 4.78 is 4.64. The van der Waals surface area contributed by atoms with Crippen LogP contribution in [0.4, 0.5) is 0 Å². The van der Waals surface area contributed by atoms with Crippen LogP contribution >= 0.6 is 35.0 Å². The first-order valence-corrected chi connectivity index (χ1v) is 9.27. The molecule has 0 amide bonds. The molecule has 124 valence electrons. The maximum absolute atomic E-state index is 6.22. The molecule has 0 bridgehead atoms. The molecule has 0 unspecified atom stereocenters. The quantitative estimate of drug-likeness (QED) is 0.554. The van der Waals surface area contributed by atoms with Crippen molar-refractivity contribution >= 4 is 35.0 Å². The molecule has 0 N–H and O–H groups in total. The molecule has 0 saturated heterocycles. The normalized spacial score (nSPS) is 13.2. The van der Waals surface area contributed by atoms with E-state index < -0.39 is 0 Å². The largest absolute Gasteiger partial charge is 1.00 e. The molecule has 4 rings (SSSR count). The molecule has 1 aromatic heterocycles. The van der Waals surface area contributed by atoms with Gasteiger partial charge in [-0.3, -0.25) is 0 Å². The van der Waals surface area contributed by atoms with Gasteiger partial charge in [-0.05, 0) is 48.5 Å². The number of imidazole rings is 1. The van der Waals surface area contributed by atoms with Gasteiger partial charge in [-0.25, -0.2) is 4.57 Å². The fraction of sp³-hybridized carbons (Fsp3) is 0.167. The second kappa shape index (κ2) is 7.52. The van der Waals surface area contributed by atoms with E-state index in [0.29, 0.717) is 10.0 Å². The number of rotatable bonds is 2. The summed E-state index contributed by atoms with van der Waals surface area (Å²) >= 11 is 14.2. The van der Waals surface area contributed by atoms with Crippen LogP contribution < -0.4 is 21.5 Å². The Morgan fingerprint density at radius 3 is 2.54 bits per heavy atom. The monoisotopic (exact) mass is 440 g/mol. The fourth-order valence-corrected chi connectivity index (χ4v) is 4.29. The minimum absolute atomic E-state index is 0. The number of benzene rings is 2. The molecule has 0 spiro atoms. The van der Waals surface area contributed by atoms with Gasteiger partial charge in [0.15, 0.2) is 5.69 Å². The lowest BCUT2D eigenvalue weighted by Crippen LogP contribution is -3.00. The highest BCUT2D eigenvalue weighted by molar-refractivity contribution is 7.99. The standard InChI is InChI=1S/C18H15Cl2N2S.BrH/c19-15-8-7-13(11-16(15)20)17-12-22(14-5-2-1-3-6-14)18-21(17)9-4-10-23-18;/h1-3,5-8,11-12H,4,9-10H2;1H/q+1;/p-1. The maximum Gasteiger partial charge on any atom is 0.323 e. The van der Waals surface area contributed by atoms with Gasteiger partial charge >= 0.3 is 5.16 Å². The van der Waals surface area contributed by atoms with E-state index in [4.69, 9.17) is 23.2 Å². The van der Waals surface area contributed by atoms with Crippen molar-refractivity contribution in [1.29, 1.82) is 0 Å². The van der Waals surface area contributed by atoms with E-state index in [1.54, 1.807) is 0 Å². The minimum atomic E-state index is 0. The third kappa shape index (κ3) is 3.25. The van der Waals surface area contributed by atoms with E-state index in [0.717, 1.165) is 17.9 Å². The molecule has 0 aliphatic carbocycles. The molecule has 0 radical (unpaired) electrons. The van der Waals surface area contributed by atoms with Gasteiger partial charge in [0, 0.05) is 11.3 Å². The van der Waals surface area contributed by atoms with Gasteiger partial charge < -0.3 is 17.0 Å². The molecule has 6 heteroatoms. The zero-order chi connectivity index (χ0) is 15.8. The summed E-state index contributed by atoms with van der Waals surface area (Å²) in [5.41, 5.74) is 3.45. The third-order valence-corrected chi connectivity index (χ3v) is 5.89. The van der Waals surface area contributed by atoms with Crippen LogP contribution in [0.2, 0.25) is 10.0 Å². The molecule has 3 aromatic rings. The molecule has 0 saturated carbocycles. The minimum Gasteiger partial charge on any atom is -1.00 e. The summed E-state index contributed by atoms with van der Waals surface area (Å²) in [6.07, 6.45) is 3.37. The Balaban J connectivity index is 0.00000169. The molecule has 2 nitrogen and oxygen atoms in total. The van der Waals surface area contributed by atoms with Crippen molar-refractivity contribution in [2.24, 2.45) is 0 Å². The summed E-state index contributed by atoms with van der Waals surface area (Å²) in [5, 5.41) is 2.45. The lowest BCUT2D eigenvalue weighted by molar-refractivity contribution is -0.724. The lowest BCUT2D eigenvalue weighted by atomic mass is 10.1. The summed E-state index contributed by atoms with van der Waals surface area (Å²) in [7, 11) is 0. The van der Waals surface area contributed by atoms with Gasteiger partial charge in [-0.1, -0.05) is 41.4 Å². The number of thioether (sulfide) groups is 1. The first-order chi connectivity index (χ1) is 11.2. The molecule has 2 heterocycles. The van der Waals surface area contributed by atoms with Crippen molar-refractivity contribution in [3.05, 3.63) is 64.8 Å². The summed E-state index contributed by atoms with van der Waals surface area (Å²) in [6.45, 7) is 1.03.